The summed E-state index contributed by atoms with van der Waals surface area (Å²) >= 11 is 0. The minimum atomic E-state index is 0.0462. The molecule has 0 atom stereocenters. The molecule has 122 valence electrons. The maximum absolute atomic E-state index is 11.9. The molecule has 0 bridgehead atoms. The van der Waals surface area contributed by atoms with Crippen LogP contribution in [0.3, 0.4) is 0 Å². The van der Waals surface area contributed by atoms with Gasteiger partial charge in [-0.15, -0.1) is 0 Å². The molecule has 0 radical (unpaired) electrons. The molecule has 2 aromatic rings. The van der Waals surface area contributed by atoms with Gasteiger partial charge in [-0.25, -0.2) is 0 Å². The zero-order valence-electron chi connectivity index (χ0n) is 13.7. The Labute approximate surface area is 137 Å². The van der Waals surface area contributed by atoms with Gasteiger partial charge in [0.1, 0.15) is 11.5 Å². The molecule has 4 heteroatoms. The van der Waals surface area contributed by atoms with Crippen LogP contribution in [-0.2, 0) is 17.6 Å². The Kier molecular flexibility index (Phi) is 6.48. The summed E-state index contributed by atoms with van der Waals surface area (Å²) in [6.07, 6.45) is 2.25. The zero-order chi connectivity index (χ0) is 16.5. The highest BCUT2D eigenvalue weighted by Crippen LogP contribution is 2.13. The van der Waals surface area contributed by atoms with Crippen molar-refractivity contribution in [2.24, 2.45) is 0 Å². The molecule has 23 heavy (non-hydrogen) atoms. The van der Waals surface area contributed by atoms with Crippen LogP contribution in [0.4, 0.5) is 0 Å². The number of carbonyl (C=O) groups excluding carboxylic acids is 1. The van der Waals surface area contributed by atoms with Gasteiger partial charge >= 0.3 is 0 Å². The van der Waals surface area contributed by atoms with Gasteiger partial charge in [0.2, 0.25) is 5.91 Å². The van der Waals surface area contributed by atoms with Gasteiger partial charge in [-0.3, -0.25) is 4.79 Å². The van der Waals surface area contributed by atoms with Crippen molar-refractivity contribution in [2.45, 2.75) is 19.3 Å². The van der Waals surface area contributed by atoms with Crippen molar-refractivity contribution >= 4 is 5.91 Å². The van der Waals surface area contributed by atoms with Gasteiger partial charge in [-0.2, -0.15) is 0 Å². The van der Waals surface area contributed by atoms with E-state index < -0.39 is 0 Å². The Morgan fingerprint density at radius 3 is 1.91 bits per heavy atom. The summed E-state index contributed by atoms with van der Waals surface area (Å²) in [6, 6.07) is 15.6. The van der Waals surface area contributed by atoms with Crippen LogP contribution in [0.1, 0.15) is 17.5 Å². The quantitative estimate of drug-likeness (QED) is 0.762. The van der Waals surface area contributed by atoms with Crippen molar-refractivity contribution < 1.29 is 14.3 Å². The zero-order valence-corrected chi connectivity index (χ0v) is 13.7. The van der Waals surface area contributed by atoms with Crippen LogP contribution in [0.25, 0.3) is 0 Å². The average Bonchev–Trinajstić information content (AvgIpc) is 2.60. The van der Waals surface area contributed by atoms with Crippen molar-refractivity contribution in [3.63, 3.8) is 0 Å². The second kappa shape index (κ2) is 8.83. The normalized spacial score (nSPS) is 10.2. The Morgan fingerprint density at radius 1 is 0.870 bits per heavy atom. The van der Waals surface area contributed by atoms with E-state index >= 15 is 0 Å². The third-order valence-corrected chi connectivity index (χ3v) is 3.65. The van der Waals surface area contributed by atoms with E-state index in [1.165, 1.54) is 5.56 Å². The van der Waals surface area contributed by atoms with Gasteiger partial charge in [0.15, 0.2) is 0 Å². The summed E-state index contributed by atoms with van der Waals surface area (Å²) in [5, 5.41) is 2.96. The molecule has 0 saturated heterocycles. The topological polar surface area (TPSA) is 47.6 Å². The van der Waals surface area contributed by atoms with Crippen LogP contribution >= 0.6 is 0 Å². The number of aryl methyl sites for hydroxylation is 1. The molecular formula is C19H23NO3. The van der Waals surface area contributed by atoms with Crippen molar-refractivity contribution in [2.75, 3.05) is 20.8 Å². The number of amides is 1. The third kappa shape index (κ3) is 5.66. The third-order valence-electron chi connectivity index (χ3n) is 3.65. The molecular weight excluding hydrogens is 290 g/mol. The highest BCUT2D eigenvalue weighted by Gasteiger charge is 2.03. The molecule has 0 unspecified atom stereocenters. The fourth-order valence-corrected chi connectivity index (χ4v) is 2.30. The Balaban J connectivity index is 1.67. The van der Waals surface area contributed by atoms with E-state index in [1.807, 2.05) is 36.4 Å². The molecule has 0 aliphatic rings. The number of benzene rings is 2. The number of rotatable bonds is 8. The standard InChI is InChI=1S/C19H23NO3/c1-22-17-9-5-15(6-10-17)4-3-13-20-19(21)14-16-7-11-18(23-2)12-8-16/h5-12H,3-4,13-14H2,1-2H3,(H,20,21). The SMILES string of the molecule is COc1ccc(CCCNC(=O)Cc2ccc(OC)cc2)cc1. The summed E-state index contributed by atoms with van der Waals surface area (Å²) < 4.78 is 10.2. The van der Waals surface area contributed by atoms with E-state index in [0.717, 1.165) is 29.9 Å². The van der Waals surface area contributed by atoms with Gasteiger partial charge in [0.25, 0.3) is 0 Å². The second-order valence-corrected chi connectivity index (χ2v) is 5.33. The lowest BCUT2D eigenvalue weighted by molar-refractivity contribution is -0.120. The van der Waals surface area contributed by atoms with Crippen LogP contribution in [0.2, 0.25) is 0 Å². The van der Waals surface area contributed by atoms with Crippen molar-refractivity contribution in [3.8, 4) is 11.5 Å². The largest absolute Gasteiger partial charge is 0.497 e. The van der Waals surface area contributed by atoms with Gasteiger partial charge < -0.3 is 14.8 Å². The molecule has 0 spiro atoms. The van der Waals surface area contributed by atoms with E-state index in [-0.39, 0.29) is 5.91 Å². The predicted octanol–water partition coefficient (Wildman–Crippen LogP) is 3.00. The van der Waals surface area contributed by atoms with Crippen LogP contribution in [0.15, 0.2) is 48.5 Å². The monoisotopic (exact) mass is 313 g/mol. The number of ether oxygens (including phenoxy) is 2. The molecule has 0 saturated carbocycles. The lowest BCUT2D eigenvalue weighted by atomic mass is 10.1. The first-order valence-corrected chi connectivity index (χ1v) is 7.74. The summed E-state index contributed by atoms with van der Waals surface area (Å²) in [5.41, 5.74) is 2.23. The van der Waals surface area contributed by atoms with E-state index in [9.17, 15) is 4.79 Å². The van der Waals surface area contributed by atoms with Gasteiger partial charge in [0, 0.05) is 6.54 Å². The maximum atomic E-state index is 11.9. The first-order chi connectivity index (χ1) is 11.2. The molecule has 0 aliphatic carbocycles. The lowest BCUT2D eigenvalue weighted by Crippen LogP contribution is -2.26. The van der Waals surface area contributed by atoms with E-state index in [4.69, 9.17) is 9.47 Å². The van der Waals surface area contributed by atoms with Crippen LogP contribution in [0.5, 0.6) is 11.5 Å². The average molecular weight is 313 g/mol. The highest BCUT2D eigenvalue weighted by atomic mass is 16.5. The fraction of sp³-hybridized carbons (Fsp3) is 0.316. The van der Waals surface area contributed by atoms with Gasteiger partial charge in [-0.1, -0.05) is 24.3 Å². The van der Waals surface area contributed by atoms with E-state index in [2.05, 4.69) is 17.4 Å². The first-order valence-electron chi connectivity index (χ1n) is 7.74. The van der Waals surface area contributed by atoms with E-state index in [1.54, 1.807) is 14.2 Å². The van der Waals surface area contributed by atoms with E-state index in [0.29, 0.717) is 13.0 Å². The van der Waals surface area contributed by atoms with Crippen LogP contribution < -0.4 is 14.8 Å². The van der Waals surface area contributed by atoms with Gasteiger partial charge in [0.05, 0.1) is 20.6 Å². The Hall–Kier alpha value is -2.49. The molecule has 1 N–H and O–H groups in total. The minimum Gasteiger partial charge on any atom is -0.497 e. The Bertz CT molecular complexity index is 606. The van der Waals surface area contributed by atoms with Crippen LogP contribution in [-0.4, -0.2) is 26.7 Å². The number of carbonyl (C=O) groups is 1. The fourth-order valence-electron chi connectivity index (χ4n) is 2.30. The predicted molar refractivity (Wildman–Crippen MR) is 91.0 cm³/mol. The number of nitrogens with one attached hydrogen (secondary N) is 1. The molecule has 2 rings (SSSR count). The minimum absolute atomic E-state index is 0.0462. The van der Waals surface area contributed by atoms with Crippen LogP contribution in [0, 0.1) is 0 Å². The van der Waals surface area contributed by atoms with Crippen molar-refractivity contribution in [1.29, 1.82) is 0 Å². The first kappa shape index (κ1) is 16.9. The molecule has 4 nitrogen and oxygen atoms in total. The number of methoxy groups -OCH3 is 2. The second-order valence-electron chi connectivity index (χ2n) is 5.33. The lowest BCUT2D eigenvalue weighted by Gasteiger charge is -2.07. The molecule has 0 fully saturated rings. The number of hydrogen-bond donors (Lipinski definition) is 1. The van der Waals surface area contributed by atoms with Crippen molar-refractivity contribution in [3.05, 3.63) is 59.7 Å². The molecule has 0 heterocycles. The molecule has 0 aromatic heterocycles. The summed E-state index contributed by atoms with van der Waals surface area (Å²) in [5.74, 6) is 1.71. The maximum Gasteiger partial charge on any atom is 0.224 e. The Morgan fingerprint density at radius 2 is 1.39 bits per heavy atom. The molecule has 0 aliphatic heterocycles. The highest BCUT2D eigenvalue weighted by molar-refractivity contribution is 5.78. The number of hydrogen-bond acceptors (Lipinski definition) is 3. The summed E-state index contributed by atoms with van der Waals surface area (Å²) in [6.45, 7) is 0.682. The summed E-state index contributed by atoms with van der Waals surface area (Å²) in [7, 11) is 3.29. The summed E-state index contributed by atoms with van der Waals surface area (Å²) in [4.78, 5) is 11.9. The van der Waals surface area contributed by atoms with Crippen molar-refractivity contribution in [1.82, 2.24) is 5.32 Å². The van der Waals surface area contributed by atoms with Gasteiger partial charge in [-0.05, 0) is 48.2 Å². The smallest absolute Gasteiger partial charge is 0.224 e. The molecule has 2 aromatic carbocycles. The molecule has 1 amide bonds.